The van der Waals surface area contributed by atoms with Gasteiger partial charge in [-0.1, -0.05) is 48.5 Å². The highest BCUT2D eigenvalue weighted by Crippen LogP contribution is 2.30. The van der Waals surface area contributed by atoms with Crippen molar-refractivity contribution < 1.29 is 0 Å². The van der Waals surface area contributed by atoms with Crippen molar-refractivity contribution in [1.29, 1.82) is 0 Å². The van der Waals surface area contributed by atoms with E-state index in [2.05, 4.69) is 31.2 Å². The second-order valence-electron chi connectivity index (χ2n) is 4.43. The fraction of sp³-hybridized carbons (Fsp3) is 0. The van der Waals surface area contributed by atoms with Gasteiger partial charge in [0.15, 0.2) is 5.82 Å². The lowest BCUT2D eigenvalue weighted by molar-refractivity contribution is 1.10. The predicted molar refractivity (Wildman–Crippen MR) is 87.7 cm³/mol. The van der Waals surface area contributed by atoms with Crippen LogP contribution in [0.3, 0.4) is 0 Å². The summed E-state index contributed by atoms with van der Waals surface area (Å²) in [6.45, 7) is 0. The molecule has 21 heavy (non-hydrogen) atoms. The Morgan fingerprint density at radius 1 is 1.00 bits per heavy atom. The first-order valence-corrected chi connectivity index (χ1v) is 7.19. The van der Waals surface area contributed by atoms with E-state index in [4.69, 9.17) is 0 Å². The Labute approximate surface area is 130 Å². The third kappa shape index (κ3) is 2.87. The number of halogens is 1. The number of hydrogen-bond donors (Lipinski definition) is 2. The number of aromatic amines is 1. The molecule has 0 spiro atoms. The average molecular weight is 342 g/mol. The van der Waals surface area contributed by atoms with E-state index in [0.717, 1.165) is 16.8 Å². The molecule has 2 aromatic carbocycles. The van der Waals surface area contributed by atoms with Crippen LogP contribution in [0.5, 0.6) is 0 Å². The smallest absolute Gasteiger partial charge is 0.267 e. The lowest BCUT2D eigenvalue weighted by atomic mass is 10.0. The number of nitrogens with one attached hydrogen (secondary N) is 2. The zero-order valence-corrected chi connectivity index (χ0v) is 12.6. The summed E-state index contributed by atoms with van der Waals surface area (Å²) in [6, 6.07) is 18.0. The second-order valence-corrected chi connectivity index (χ2v) is 5.22. The van der Waals surface area contributed by atoms with E-state index in [1.54, 1.807) is 0 Å². The van der Waals surface area contributed by atoms with Gasteiger partial charge in [-0.25, -0.2) is 4.98 Å². The van der Waals surface area contributed by atoms with Gasteiger partial charge in [-0.2, -0.15) is 0 Å². The third-order valence-electron chi connectivity index (χ3n) is 3.06. The van der Waals surface area contributed by atoms with E-state index < -0.39 is 0 Å². The number of nitrogens with zero attached hydrogens (tertiary/aromatic N) is 1. The molecule has 3 rings (SSSR count). The molecule has 3 aromatic rings. The van der Waals surface area contributed by atoms with Crippen LogP contribution >= 0.6 is 15.9 Å². The molecule has 0 aliphatic rings. The molecule has 0 unspecified atom stereocenters. The Morgan fingerprint density at radius 2 is 1.71 bits per heavy atom. The van der Waals surface area contributed by atoms with E-state index >= 15 is 0 Å². The summed E-state index contributed by atoms with van der Waals surface area (Å²) in [6.07, 6.45) is 1.38. The number of hydrogen-bond acceptors (Lipinski definition) is 3. The molecule has 0 aliphatic heterocycles. The van der Waals surface area contributed by atoms with Gasteiger partial charge in [0.1, 0.15) is 4.47 Å². The molecular formula is C16H12BrN3O. The first kappa shape index (κ1) is 13.6. The van der Waals surface area contributed by atoms with Crippen molar-refractivity contribution in [2.24, 2.45) is 0 Å². The van der Waals surface area contributed by atoms with Gasteiger partial charge in [-0.3, -0.25) is 4.79 Å². The molecule has 0 aliphatic carbocycles. The highest BCUT2D eigenvalue weighted by Gasteiger charge is 2.09. The molecule has 5 heteroatoms. The molecule has 0 saturated carbocycles. The van der Waals surface area contributed by atoms with Crippen LogP contribution in [0, 0.1) is 0 Å². The van der Waals surface area contributed by atoms with Crippen molar-refractivity contribution >= 4 is 27.4 Å². The minimum Gasteiger partial charge on any atom is -0.339 e. The highest BCUT2D eigenvalue weighted by molar-refractivity contribution is 9.10. The summed E-state index contributed by atoms with van der Waals surface area (Å²) in [4.78, 5) is 18.3. The summed E-state index contributed by atoms with van der Waals surface area (Å²) in [5.41, 5.74) is 2.82. The van der Waals surface area contributed by atoms with Gasteiger partial charge in [-0.05, 0) is 27.6 Å². The predicted octanol–water partition coefficient (Wildman–Crippen LogP) is 3.94. The number of benzene rings is 2. The van der Waals surface area contributed by atoms with Gasteiger partial charge in [0.2, 0.25) is 0 Å². The van der Waals surface area contributed by atoms with E-state index in [-0.39, 0.29) is 5.56 Å². The van der Waals surface area contributed by atoms with Crippen LogP contribution in [-0.4, -0.2) is 9.97 Å². The molecule has 0 saturated heterocycles. The summed E-state index contributed by atoms with van der Waals surface area (Å²) < 4.78 is 0.382. The topological polar surface area (TPSA) is 57.8 Å². The lowest BCUT2D eigenvalue weighted by Crippen LogP contribution is -2.10. The molecule has 0 bridgehead atoms. The number of aromatic nitrogens is 2. The Morgan fingerprint density at radius 3 is 2.52 bits per heavy atom. The lowest BCUT2D eigenvalue weighted by Gasteiger charge is -2.12. The standard InChI is InChI=1S/C16H12BrN3O/c17-14-15(18-10-19-16(14)21)20-13-9-5-4-8-12(13)11-6-2-1-3-7-11/h1-10H,(H2,18,19,20,21). The van der Waals surface area contributed by atoms with Crippen LogP contribution in [0.25, 0.3) is 11.1 Å². The van der Waals surface area contributed by atoms with Crippen LogP contribution in [0.2, 0.25) is 0 Å². The number of H-pyrrole nitrogens is 1. The molecule has 0 fully saturated rings. The van der Waals surface area contributed by atoms with Gasteiger partial charge in [-0.15, -0.1) is 0 Å². The molecule has 2 N–H and O–H groups in total. The molecule has 4 nitrogen and oxygen atoms in total. The van der Waals surface area contributed by atoms with Crippen LogP contribution in [0.1, 0.15) is 0 Å². The molecule has 1 heterocycles. The van der Waals surface area contributed by atoms with E-state index in [1.165, 1.54) is 6.33 Å². The van der Waals surface area contributed by atoms with Gasteiger partial charge in [0.25, 0.3) is 5.56 Å². The van der Waals surface area contributed by atoms with Crippen LogP contribution in [0.4, 0.5) is 11.5 Å². The number of anilines is 2. The van der Waals surface area contributed by atoms with E-state index in [9.17, 15) is 4.79 Å². The van der Waals surface area contributed by atoms with Gasteiger partial charge in [0.05, 0.1) is 6.33 Å². The largest absolute Gasteiger partial charge is 0.339 e. The first-order chi connectivity index (χ1) is 10.3. The summed E-state index contributed by atoms with van der Waals surface area (Å²) >= 11 is 3.25. The quantitative estimate of drug-likeness (QED) is 0.758. The van der Waals surface area contributed by atoms with Crippen LogP contribution < -0.4 is 10.9 Å². The van der Waals surface area contributed by atoms with E-state index in [0.29, 0.717) is 10.3 Å². The monoisotopic (exact) mass is 341 g/mol. The Balaban J connectivity index is 2.04. The average Bonchev–Trinajstić information content (AvgIpc) is 2.53. The molecule has 104 valence electrons. The van der Waals surface area contributed by atoms with Gasteiger partial charge >= 0.3 is 0 Å². The summed E-state index contributed by atoms with van der Waals surface area (Å²) in [5, 5.41) is 3.20. The normalized spacial score (nSPS) is 10.3. The Kier molecular flexibility index (Phi) is 3.83. The van der Waals surface area contributed by atoms with Gasteiger partial charge in [0, 0.05) is 11.3 Å². The fourth-order valence-electron chi connectivity index (χ4n) is 2.06. The van der Waals surface area contributed by atoms with Crippen molar-refractivity contribution in [1.82, 2.24) is 9.97 Å². The summed E-state index contributed by atoms with van der Waals surface area (Å²) in [7, 11) is 0. The van der Waals surface area contributed by atoms with Crippen LogP contribution in [0.15, 0.2) is 70.2 Å². The second kappa shape index (κ2) is 5.93. The number of para-hydroxylation sites is 1. The van der Waals surface area contributed by atoms with Crippen molar-refractivity contribution in [2.75, 3.05) is 5.32 Å². The molecular weight excluding hydrogens is 330 g/mol. The molecule has 0 atom stereocenters. The fourth-order valence-corrected chi connectivity index (χ4v) is 2.38. The SMILES string of the molecule is O=c1[nH]cnc(Nc2ccccc2-c2ccccc2)c1Br. The Bertz CT molecular complexity index is 815. The molecule has 0 radical (unpaired) electrons. The zero-order valence-electron chi connectivity index (χ0n) is 11.0. The maximum absolute atomic E-state index is 11.6. The maximum atomic E-state index is 11.6. The van der Waals surface area contributed by atoms with Crippen molar-refractivity contribution in [3.05, 3.63) is 75.8 Å². The van der Waals surface area contributed by atoms with Gasteiger partial charge < -0.3 is 10.3 Å². The highest BCUT2D eigenvalue weighted by atomic mass is 79.9. The van der Waals surface area contributed by atoms with Crippen molar-refractivity contribution in [3.63, 3.8) is 0 Å². The molecule has 0 amide bonds. The van der Waals surface area contributed by atoms with Crippen LogP contribution in [-0.2, 0) is 0 Å². The van der Waals surface area contributed by atoms with Crippen molar-refractivity contribution in [2.45, 2.75) is 0 Å². The Hall–Kier alpha value is -2.40. The first-order valence-electron chi connectivity index (χ1n) is 6.40. The molecule has 1 aromatic heterocycles. The third-order valence-corrected chi connectivity index (χ3v) is 3.80. The minimum atomic E-state index is -0.218. The van der Waals surface area contributed by atoms with Crippen molar-refractivity contribution in [3.8, 4) is 11.1 Å². The van der Waals surface area contributed by atoms with E-state index in [1.807, 2.05) is 54.6 Å². The number of rotatable bonds is 3. The summed E-state index contributed by atoms with van der Waals surface area (Å²) in [5.74, 6) is 0.488. The minimum absolute atomic E-state index is 0.218. The maximum Gasteiger partial charge on any atom is 0.267 e. The zero-order chi connectivity index (χ0) is 14.7.